The lowest BCUT2D eigenvalue weighted by atomic mass is 10.0. The number of hydrogen-bond acceptors (Lipinski definition) is 6. The summed E-state index contributed by atoms with van der Waals surface area (Å²) in [7, 11) is 3.24. The molecule has 0 radical (unpaired) electrons. The molecule has 2 rings (SSSR count). The SMILES string of the molecule is CN=C(SC)C(=NOC)c1ccccc1C(C)=NOc1ccc(Cl)cc1. The van der Waals surface area contributed by atoms with Crippen LogP contribution in [0, 0.1) is 0 Å². The Balaban J connectivity index is 2.39. The third-order valence-corrected chi connectivity index (χ3v) is 4.47. The van der Waals surface area contributed by atoms with Gasteiger partial charge in [0.25, 0.3) is 0 Å². The van der Waals surface area contributed by atoms with E-state index in [9.17, 15) is 0 Å². The van der Waals surface area contributed by atoms with Gasteiger partial charge in [0.05, 0.1) is 5.71 Å². The first-order valence-corrected chi connectivity index (χ1v) is 9.40. The van der Waals surface area contributed by atoms with E-state index in [2.05, 4.69) is 15.3 Å². The molecule has 0 saturated heterocycles. The number of thioether (sulfide) groups is 1. The van der Waals surface area contributed by atoms with Crippen molar-refractivity contribution in [3.63, 3.8) is 0 Å². The molecule has 7 heteroatoms. The summed E-state index contributed by atoms with van der Waals surface area (Å²) in [6.07, 6.45) is 1.95. The van der Waals surface area contributed by atoms with Crippen molar-refractivity contribution >= 4 is 39.8 Å². The van der Waals surface area contributed by atoms with E-state index in [4.69, 9.17) is 21.3 Å². The minimum atomic E-state index is 0.608. The molecule has 136 valence electrons. The summed E-state index contributed by atoms with van der Waals surface area (Å²) in [6, 6.07) is 14.8. The first-order valence-electron chi connectivity index (χ1n) is 7.80. The molecule has 0 aromatic heterocycles. The van der Waals surface area contributed by atoms with Crippen LogP contribution in [0.25, 0.3) is 0 Å². The molecule has 0 unspecified atom stereocenters. The van der Waals surface area contributed by atoms with Gasteiger partial charge in [0.1, 0.15) is 17.9 Å². The normalized spacial score (nSPS) is 12.9. The molecule has 0 aliphatic rings. The molecule has 2 aromatic rings. The van der Waals surface area contributed by atoms with Crippen LogP contribution >= 0.6 is 23.4 Å². The molecule has 0 aliphatic carbocycles. The summed E-state index contributed by atoms with van der Waals surface area (Å²) < 4.78 is 0. The Hall–Kier alpha value is -2.31. The van der Waals surface area contributed by atoms with Gasteiger partial charge in [0, 0.05) is 23.2 Å². The van der Waals surface area contributed by atoms with Crippen LogP contribution in [-0.4, -0.2) is 36.9 Å². The van der Waals surface area contributed by atoms with E-state index in [1.165, 1.54) is 18.9 Å². The van der Waals surface area contributed by atoms with E-state index < -0.39 is 0 Å². The van der Waals surface area contributed by atoms with Gasteiger partial charge in [-0.25, -0.2) is 0 Å². The zero-order valence-corrected chi connectivity index (χ0v) is 16.6. The van der Waals surface area contributed by atoms with Gasteiger partial charge in [-0.2, -0.15) is 0 Å². The molecular formula is C19H20ClN3O2S. The maximum Gasteiger partial charge on any atom is 0.158 e. The van der Waals surface area contributed by atoms with Gasteiger partial charge < -0.3 is 9.68 Å². The second-order valence-corrected chi connectivity index (χ2v) is 6.35. The van der Waals surface area contributed by atoms with Crippen LogP contribution in [0.4, 0.5) is 0 Å². The van der Waals surface area contributed by atoms with E-state index in [-0.39, 0.29) is 0 Å². The molecule has 0 amide bonds. The molecule has 0 bridgehead atoms. The summed E-state index contributed by atoms with van der Waals surface area (Å²) >= 11 is 7.38. The van der Waals surface area contributed by atoms with Crippen molar-refractivity contribution in [1.29, 1.82) is 0 Å². The van der Waals surface area contributed by atoms with Crippen molar-refractivity contribution in [2.24, 2.45) is 15.3 Å². The van der Waals surface area contributed by atoms with Gasteiger partial charge in [0.15, 0.2) is 5.75 Å². The predicted octanol–water partition coefficient (Wildman–Crippen LogP) is 4.88. The van der Waals surface area contributed by atoms with Crippen LogP contribution in [-0.2, 0) is 4.84 Å². The molecule has 2 aromatic carbocycles. The van der Waals surface area contributed by atoms with Crippen LogP contribution < -0.4 is 4.84 Å². The number of rotatable bonds is 6. The molecule has 0 spiro atoms. The van der Waals surface area contributed by atoms with E-state index in [1.807, 2.05) is 37.4 Å². The zero-order valence-electron chi connectivity index (χ0n) is 15.1. The van der Waals surface area contributed by atoms with Crippen LogP contribution in [0.15, 0.2) is 63.8 Å². The topological polar surface area (TPSA) is 55.5 Å². The minimum Gasteiger partial charge on any atom is -0.399 e. The lowest BCUT2D eigenvalue weighted by Crippen LogP contribution is -2.17. The largest absolute Gasteiger partial charge is 0.399 e. The van der Waals surface area contributed by atoms with E-state index in [0.717, 1.165) is 16.2 Å². The second kappa shape index (κ2) is 9.99. The molecule has 5 nitrogen and oxygen atoms in total. The molecule has 0 aliphatic heterocycles. The molecule has 0 heterocycles. The zero-order chi connectivity index (χ0) is 18.9. The minimum absolute atomic E-state index is 0.608. The Bertz CT molecular complexity index is 833. The van der Waals surface area contributed by atoms with E-state index >= 15 is 0 Å². The number of oxime groups is 2. The van der Waals surface area contributed by atoms with Gasteiger partial charge in [0.2, 0.25) is 0 Å². The average Bonchev–Trinajstić information content (AvgIpc) is 2.67. The highest BCUT2D eigenvalue weighted by Gasteiger charge is 2.17. The first-order chi connectivity index (χ1) is 12.6. The summed E-state index contributed by atoms with van der Waals surface area (Å²) in [6.45, 7) is 1.88. The van der Waals surface area contributed by atoms with E-state index in [1.54, 1.807) is 31.3 Å². The second-order valence-electron chi connectivity index (χ2n) is 5.12. The Morgan fingerprint density at radius 3 is 2.23 bits per heavy atom. The highest BCUT2D eigenvalue weighted by molar-refractivity contribution is 8.15. The third-order valence-electron chi connectivity index (χ3n) is 3.46. The number of halogens is 1. The lowest BCUT2D eigenvalue weighted by Gasteiger charge is -2.12. The Kier molecular flexibility index (Phi) is 7.69. The molecular weight excluding hydrogens is 370 g/mol. The Labute approximate surface area is 162 Å². The molecule has 0 saturated carbocycles. The van der Waals surface area contributed by atoms with Crippen molar-refractivity contribution in [1.82, 2.24) is 0 Å². The number of hydrogen-bond donors (Lipinski definition) is 0. The molecule has 0 atom stereocenters. The van der Waals surface area contributed by atoms with Crippen LogP contribution in [0.1, 0.15) is 18.1 Å². The Morgan fingerprint density at radius 1 is 1.00 bits per heavy atom. The smallest absolute Gasteiger partial charge is 0.158 e. The van der Waals surface area contributed by atoms with Crippen molar-refractivity contribution < 1.29 is 9.68 Å². The summed E-state index contributed by atoms with van der Waals surface area (Å²) in [5.41, 5.74) is 3.10. The fourth-order valence-electron chi connectivity index (χ4n) is 2.26. The fourth-order valence-corrected chi connectivity index (χ4v) is 2.91. The van der Waals surface area contributed by atoms with Crippen LogP contribution in [0.2, 0.25) is 5.02 Å². The fraction of sp³-hybridized carbons (Fsp3) is 0.211. The van der Waals surface area contributed by atoms with Gasteiger partial charge in [-0.1, -0.05) is 46.2 Å². The average molecular weight is 390 g/mol. The third kappa shape index (κ3) is 5.09. The highest BCUT2D eigenvalue weighted by atomic mass is 35.5. The van der Waals surface area contributed by atoms with Crippen LogP contribution in [0.3, 0.4) is 0 Å². The monoisotopic (exact) mass is 389 g/mol. The summed E-state index contributed by atoms with van der Waals surface area (Å²) in [5.74, 6) is 0.608. The summed E-state index contributed by atoms with van der Waals surface area (Å²) in [5, 5.41) is 9.82. The van der Waals surface area contributed by atoms with E-state index in [0.29, 0.717) is 22.2 Å². The van der Waals surface area contributed by atoms with Gasteiger partial charge in [-0.3, -0.25) is 4.99 Å². The van der Waals surface area contributed by atoms with Gasteiger partial charge in [-0.05, 0) is 37.4 Å². The maximum atomic E-state index is 5.88. The van der Waals surface area contributed by atoms with Crippen molar-refractivity contribution in [2.45, 2.75) is 6.92 Å². The number of aliphatic imine (C=N–C) groups is 1. The maximum absolute atomic E-state index is 5.88. The van der Waals surface area contributed by atoms with Crippen molar-refractivity contribution in [3.8, 4) is 5.75 Å². The predicted molar refractivity (Wildman–Crippen MR) is 111 cm³/mol. The molecule has 0 N–H and O–H groups in total. The standard InChI is InChI=1S/C19H20ClN3O2S/c1-13(22-25-15-11-9-14(20)10-12-15)16-7-5-6-8-17(16)18(23-24-3)19(21-2)26-4/h5-12H,1-4H3. The highest BCUT2D eigenvalue weighted by Crippen LogP contribution is 2.19. The quantitative estimate of drug-likeness (QED) is 0.401. The first kappa shape index (κ1) is 20.0. The van der Waals surface area contributed by atoms with Crippen molar-refractivity contribution in [3.05, 3.63) is 64.7 Å². The molecule has 0 fully saturated rings. The lowest BCUT2D eigenvalue weighted by molar-refractivity contribution is 0.214. The van der Waals surface area contributed by atoms with Crippen molar-refractivity contribution in [2.75, 3.05) is 20.4 Å². The van der Waals surface area contributed by atoms with Gasteiger partial charge >= 0.3 is 0 Å². The van der Waals surface area contributed by atoms with Crippen LogP contribution in [0.5, 0.6) is 5.75 Å². The molecule has 26 heavy (non-hydrogen) atoms. The Morgan fingerprint density at radius 2 is 1.65 bits per heavy atom. The van der Waals surface area contributed by atoms with Gasteiger partial charge in [-0.15, -0.1) is 11.8 Å². The number of nitrogens with zero attached hydrogens (tertiary/aromatic N) is 3. The number of benzene rings is 2. The summed E-state index contributed by atoms with van der Waals surface area (Å²) in [4.78, 5) is 14.8.